The van der Waals surface area contributed by atoms with E-state index in [1.807, 2.05) is 6.07 Å². The van der Waals surface area contributed by atoms with Gasteiger partial charge in [-0.2, -0.15) is 0 Å². The summed E-state index contributed by atoms with van der Waals surface area (Å²) in [5.74, 6) is 0.607. The summed E-state index contributed by atoms with van der Waals surface area (Å²) in [4.78, 5) is 19.0. The largest absolute Gasteiger partial charge is 0.507 e. The predicted octanol–water partition coefficient (Wildman–Crippen LogP) is 3.56. The molecule has 0 amide bonds. The molecule has 0 aliphatic heterocycles. The van der Waals surface area contributed by atoms with Crippen LogP contribution in [0.25, 0.3) is 23.1 Å². The molecule has 0 aliphatic carbocycles. The zero-order chi connectivity index (χ0) is 14.8. The molecule has 2 aromatic carbocycles. The molecule has 0 atom stereocenters. The van der Waals surface area contributed by atoms with Crippen molar-refractivity contribution in [2.75, 3.05) is 0 Å². The minimum absolute atomic E-state index is 0.164. The predicted molar refractivity (Wildman–Crippen MR) is 87.1 cm³/mol. The third-order valence-electron chi connectivity index (χ3n) is 3.04. The number of hydrogen-bond acceptors (Lipinski definition) is 3. The normalized spacial score (nSPS) is 11.3. The van der Waals surface area contributed by atoms with E-state index >= 15 is 0 Å². The maximum Gasteiger partial charge on any atom is 0.259 e. The Balaban J connectivity index is 2.03. The second-order valence-corrected chi connectivity index (χ2v) is 5.42. The van der Waals surface area contributed by atoms with Crippen LogP contribution in [0.3, 0.4) is 0 Å². The van der Waals surface area contributed by atoms with Gasteiger partial charge in [0.2, 0.25) is 0 Å². The smallest absolute Gasteiger partial charge is 0.259 e. The summed E-state index contributed by atoms with van der Waals surface area (Å²) in [6, 6.07) is 12.3. The van der Waals surface area contributed by atoms with Gasteiger partial charge in [-0.15, -0.1) is 0 Å². The average Bonchev–Trinajstić information content (AvgIpc) is 2.48. The maximum atomic E-state index is 11.9. The molecule has 4 nitrogen and oxygen atoms in total. The summed E-state index contributed by atoms with van der Waals surface area (Å²) in [5, 5.41) is 10.3. The fraction of sp³-hybridized carbons (Fsp3) is 0. The molecule has 3 rings (SSSR count). The maximum absolute atomic E-state index is 11.9. The van der Waals surface area contributed by atoms with Crippen molar-refractivity contribution in [2.45, 2.75) is 0 Å². The van der Waals surface area contributed by atoms with Crippen LogP contribution in [0.1, 0.15) is 11.4 Å². The van der Waals surface area contributed by atoms with Gasteiger partial charge in [0.15, 0.2) is 0 Å². The number of H-pyrrole nitrogens is 1. The fourth-order valence-corrected chi connectivity index (χ4v) is 2.39. The molecule has 0 fully saturated rings. The van der Waals surface area contributed by atoms with Gasteiger partial charge in [0.25, 0.3) is 5.56 Å². The number of phenolic OH excluding ortho intramolecular Hbond substituents is 1. The van der Waals surface area contributed by atoms with Crippen LogP contribution in [-0.2, 0) is 0 Å². The van der Waals surface area contributed by atoms with E-state index in [2.05, 4.69) is 25.9 Å². The molecule has 0 unspecified atom stereocenters. The van der Waals surface area contributed by atoms with Crippen LogP contribution in [-0.4, -0.2) is 15.1 Å². The number of aromatic amines is 1. The summed E-state index contributed by atoms with van der Waals surface area (Å²) in [6.45, 7) is 0. The van der Waals surface area contributed by atoms with E-state index < -0.39 is 0 Å². The summed E-state index contributed by atoms with van der Waals surface area (Å²) in [6.07, 6.45) is 3.36. The van der Waals surface area contributed by atoms with Crippen molar-refractivity contribution in [3.8, 4) is 5.75 Å². The highest BCUT2D eigenvalue weighted by Crippen LogP contribution is 2.23. The van der Waals surface area contributed by atoms with Gasteiger partial charge >= 0.3 is 0 Å². The summed E-state index contributed by atoms with van der Waals surface area (Å²) >= 11 is 3.35. The molecule has 1 aromatic heterocycles. The number of nitrogens with zero attached hydrogens (tertiary/aromatic N) is 1. The number of aromatic nitrogens is 2. The van der Waals surface area contributed by atoms with Crippen LogP contribution in [0, 0.1) is 0 Å². The first kappa shape index (κ1) is 13.6. The van der Waals surface area contributed by atoms with Gasteiger partial charge in [-0.3, -0.25) is 4.79 Å². The minimum Gasteiger partial charge on any atom is -0.507 e. The van der Waals surface area contributed by atoms with Crippen LogP contribution < -0.4 is 5.56 Å². The van der Waals surface area contributed by atoms with Gasteiger partial charge in [-0.25, -0.2) is 4.98 Å². The molecule has 104 valence electrons. The van der Waals surface area contributed by atoms with E-state index in [-0.39, 0.29) is 11.3 Å². The Morgan fingerprint density at radius 1 is 1.14 bits per heavy atom. The van der Waals surface area contributed by atoms with Gasteiger partial charge in [0, 0.05) is 10.0 Å². The third-order valence-corrected chi connectivity index (χ3v) is 3.53. The second-order valence-electron chi connectivity index (χ2n) is 4.50. The molecule has 0 radical (unpaired) electrons. The lowest BCUT2D eigenvalue weighted by atomic mass is 10.2. The van der Waals surface area contributed by atoms with E-state index in [0.717, 1.165) is 4.47 Å². The van der Waals surface area contributed by atoms with Crippen molar-refractivity contribution >= 4 is 39.0 Å². The number of halogens is 1. The van der Waals surface area contributed by atoms with Crippen LogP contribution in [0.2, 0.25) is 0 Å². The highest BCUT2D eigenvalue weighted by molar-refractivity contribution is 9.10. The third kappa shape index (κ3) is 2.87. The number of benzene rings is 2. The number of rotatable bonds is 2. The number of hydrogen-bond donors (Lipinski definition) is 2. The quantitative estimate of drug-likeness (QED) is 0.748. The van der Waals surface area contributed by atoms with E-state index in [1.165, 1.54) is 0 Å². The average molecular weight is 343 g/mol. The summed E-state index contributed by atoms with van der Waals surface area (Å²) in [7, 11) is 0. The minimum atomic E-state index is -0.182. The zero-order valence-corrected chi connectivity index (χ0v) is 12.5. The first-order valence-electron chi connectivity index (χ1n) is 6.29. The molecule has 5 heteroatoms. The number of nitrogens with one attached hydrogen (secondary N) is 1. The van der Waals surface area contributed by atoms with Gasteiger partial charge < -0.3 is 10.1 Å². The van der Waals surface area contributed by atoms with E-state index in [1.54, 1.807) is 48.6 Å². The second kappa shape index (κ2) is 5.54. The molecule has 0 saturated carbocycles. The Labute approximate surface area is 128 Å². The molecule has 21 heavy (non-hydrogen) atoms. The van der Waals surface area contributed by atoms with Crippen LogP contribution in [0.5, 0.6) is 5.75 Å². The zero-order valence-electron chi connectivity index (χ0n) is 10.9. The van der Waals surface area contributed by atoms with Crippen LogP contribution in [0.15, 0.2) is 51.7 Å². The number of phenols is 1. The molecule has 0 spiro atoms. The van der Waals surface area contributed by atoms with Gasteiger partial charge in [0.05, 0.1) is 10.9 Å². The number of para-hydroxylation sites is 1. The van der Waals surface area contributed by atoms with Gasteiger partial charge in [-0.1, -0.05) is 28.1 Å². The van der Waals surface area contributed by atoms with E-state index in [4.69, 9.17) is 0 Å². The summed E-state index contributed by atoms with van der Waals surface area (Å²) < 4.78 is 0.861. The molecule has 0 saturated heterocycles. The van der Waals surface area contributed by atoms with Gasteiger partial charge in [0.1, 0.15) is 11.6 Å². The summed E-state index contributed by atoms with van der Waals surface area (Å²) in [5.41, 5.74) is 1.10. The van der Waals surface area contributed by atoms with Crippen molar-refractivity contribution in [3.63, 3.8) is 0 Å². The number of aromatic hydroxyl groups is 1. The Morgan fingerprint density at radius 3 is 2.81 bits per heavy atom. The monoisotopic (exact) mass is 342 g/mol. The van der Waals surface area contributed by atoms with Crippen molar-refractivity contribution in [1.82, 2.24) is 9.97 Å². The molecule has 0 bridgehead atoms. The Morgan fingerprint density at radius 2 is 1.95 bits per heavy atom. The van der Waals surface area contributed by atoms with E-state index in [9.17, 15) is 9.90 Å². The lowest BCUT2D eigenvalue weighted by Gasteiger charge is -2.00. The first-order chi connectivity index (χ1) is 10.1. The van der Waals surface area contributed by atoms with Crippen molar-refractivity contribution < 1.29 is 5.11 Å². The highest BCUT2D eigenvalue weighted by Gasteiger charge is 2.02. The number of fused-ring (bicyclic) bond motifs is 1. The Bertz CT molecular complexity index is 900. The lowest BCUT2D eigenvalue weighted by molar-refractivity contribution is 0.474. The van der Waals surface area contributed by atoms with Crippen molar-refractivity contribution in [2.24, 2.45) is 0 Å². The molecular weight excluding hydrogens is 332 g/mol. The topological polar surface area (TPSA) is 66.0 Å². The van der Waals surface area contributed by atoms with Crippen molar-refractivity contribution in [3.05, 3.63) is 68.7 Å². The van der Waals surface area contributed by atoms with Gasteiger partial charge in [-0.05, 0) is 42.5 Å². The standard InChI is InChI=1S/C16H11BrN2O2/c17-11-6-7-14(20)10(9-11)5-8-15-18-13-4-2-1-3-12(13)16(21)19-15/h1-9,20H,(H,18,19,21). The first-order valence-corrected chi connectivity index (χ1v) is 7.08. The molecule has 2 N–H and O–H groups in total. The van der Waals surface area contributed by atoms with E-state index in [0.29, 0.717) is 22.3 Å². The molecule has 1 heterocycles. The van der Waals surface area contributed by atoms with Crippen LogP contribution >= 0.6 is 15.9 Å². The molecule has 0 aliphatic rings. The Hall–Kier alpha value is -2.40. The SMILES string of the molecule is O=c1[nH]c(C=Cc2cc(Br)ccc2O)nc2ccccc12. The fourth-order valence-electron chi connectivity index (χ4n) is 2.01. The van der Waals surface area contributed by atoms with Crippen molar-refractivity contribution in [1.29, 1.82) is 0 Å². The molecule has 3 aromatic rings. The highest BCUT2D eigenvalue weighted by atomic mass is 79.9. The Kier molecular flexibility index (Phi) is 3.58. The molecular formula is C16H11BrN2O2. The van der Waals surface area contributed by atoms with Crippen LogP contribution in [0.4, 0.5) is 0 Å². The lowest BCUT2D eigenvalue weighted by Crippen LogP contribution is -2.09.